The number of benzene rings is 2. The van der Waals surface area contributed by atoms with Gasteiger partial charge in [0.25, 0.3) is 5.56 Å². The molecule has 1 aliphatic rings. The highest BCUT2D eigenvalue weighted by Gasteiger charge is 2.17. The first-order valence-corrected chi connectivity index (χ1v) is 14.4. The van der Waals surface area contributed by atoms with Crippen molar-refractivity contribution in [3.05, 3.63) is 77.0 Å². The van der Waals surface area contributed by atoms with Gasteiger partial charge in [0.15, 0.2) is 0 Å². The zero-order valence-electron chi connectivity index (χ0n) is 22.7. The van der Waals surface area contributed by atoms with Gasteiger partial charge < -0.3 is 14.5 Å². The van der Waals surface area contributed by atoms with Crippen molar-refractivity contribution in [1.29, 1.82) is 0 Å². The van der Waals surface area contributed by atoms with Gasteiger partial charge in [-0.15, -0.1) is 0 Å². The molecule has 6 rings (SSSR count). The van der Waals surface area contributed by atoms with Crippen molar-refractivity contribution >= 4 is 22.1 Å². The Labute approximate surface area is 229 Å². The molecular formula is C32H36N6O. The number of hydrogen-bond acceptors (Lipinski definition) is 5. The minimum absolute atomic E-state index is 0.0943. The lowest BCUT2D eigenvalue weighted by atomic mass is 10.0. The summed E-state index contributed by atoms with van der Waals surface area (Å²) in [4.78, 5) is 32.3. The Morgan fingerprint density at radius 1 is 0.821 bits per heavy atom. The standard InChI is InChI=1S/C32H36N6O/c1-2-3-8-26-32(39)36-27-21-29-30(22-28(27)34-26)38(20-7-19-37-17-5-4-6-18-37)31(35-29)25-11-9-23(10-12-25)24-13-15-33-16-14-24/h9-16,21-22H,2-8,17-20H2,1H3,(H,36,39). The van der Waals surface area contributed by atoms with Gasteiger partial charge in [-0.2, -0.15) is 0 Å². The largest absolute Gasteiger partial charge is 0.324 e. The quantitative estimate of drug-likeness (QED) is 0.250. The minimum atomic E-state index is -0.0943. The maximum atomic E-state index is 12.7. The lowest BCUT2D eigenvalue weighted by Gasteiger charge is -2.26. The number of aromatic nitrogens is 5. The van der Waals surface area contributed by atoms with Crippen LogP contribution in [0.4, 0.5) is 0 Å². The van der Waals surface area contributed by atoms with Crippen LogP contribution in [0.1, 0.15) is 51.1 Å². The fourth-order valence-corrected chi connectivity index (χ4v) is 5.70. The molecule has 5 aromatic rings. The van der Waals surface area contributed by atoms with Gasteiger partial charge in [-0.05, 0) is 87.1 Å². The van der Waals surface area contributed by atoms with Gasteiger partial charge in [0, 0.05) is 24.5 Å². The molecule has 0 unspecified atom stereocenters. The molecule has 3 aromatic heterocycles. The SMILES string of the molecule is CCCCc1nc2cc3c(cc2[nH]c1=O)nc(-c1ccc(-c2ccncc2)cc1)n3CCCN1CCCCC1. The fourth-order valence-electron chi connectivity index (χ4n) is 5.70. The second-order valence-corrected chi connectivity index (χ2v) is 10.6. The average molecular weight is 521 g/mol. The maximum absolute atomic E-state index is 12.7. The van der Waals surface area contributed by atoms with Crippen LogP contribution in [0.5, 0.6) is 0 Å². The predicted molar refractivity (Wildman–Crippen MR) is 158 cm³/mol. The number of nitrogens with one attached hydrogen (secondary N) is 1. The molecule has 7 heteroatoms. The molecule has 1 fully saturated rings. The van der Waals surface area contributed by atoms with E-state index in [1.54, 1.807) is 0 Å². The van der Waals surface area contributed by atoms with Crippen LogP contribution in [-0.4, -0.2) is 49.0 Å². The van der Waals surface area contributed by atoms with E-state index in [4.69, 9.17) is 9.97 Å². The van der Waals surface area contributed by atoms with E-state index in [1.807, 2.05) is 30.6 Å². The third kappa shape index (κ3) is 5.50. The Hall–Kier alpha value is -3.84. The van der Waals surface area contributed by atoms with Crippen LogP contribution in [0.25, 0.3) is 44.6 Å². The number of piperidine rings is 1. The van der Waals surface area contributed by atoms with Crippen LogP contribution < -0.4 is 5.56 Å². The van der Waals surface area contributed by atoms with Gasteiger partial charge in [-0.1, -0.05) is 44.0 Å². The highest BCUT2D eigenvalue weighted by atomic mass is 16.1. The van der Waals surface area contributed by atoms with E-state index in [9.17, 15) is 4.79 Å². The molecule has 1 N–H and O–H groups in total. The van der Waals surface area contributed by atoms with Crippen molar-refractivity contribution in [2.45, 2.75) is 58.4 Å². The first-order valence-electron chi connectivity index (χ1n) is 14.4. The number of likely N-dealkylation sites (tertiary alicyclic amines) is 1. The van der Waals surface area contributed by atoms with Crippen molar-refractivity contribution < 1.29 is 0 Å². The summed E-state index contributed by atoms with van der Waals surface area (Å²) in [5.74, 6) is 0.953. The molecule has 0 spiro atoms. The zero-order valence-corrected chi connectivity index (χ0v) is 22.7. The Kier molecular flexibility index (Phi) is 7.50. The second kappa shape index (κ2) is 11.5. The molecule has 0 aliphatic carbocycles. The molecule has 2 aromatic carbocycles. The third-order valence-corrected chi connectivity index (χ3v) is 7.86. The first kappa shape index (κ1) is 25.4. The molecule has 1 saturated heterocycles. The molecule has 4 heterocycles. The summed E-state index contributed by atoms with van der Waals surface area (Å²) in [6.45, 7) is 6.52. The fraction of sp³-hybridized carbons (Fsp3) is 0.375. The number of aryl methyl sites for hydroxylation is 2. The summed E-state index contributed by atoms with van der Waals surface area (Å²) in [7, 11) is 0. The van der Waals surface area contributed by atoms with E-state index < -0.39 is 0 Å². The lowest BCUT2D eigenvalue weighted by molar-refractivity contribution is 0.223. The van der Waals surface area contributed by atoms with Crippen LogP contribution in [0.15, 0.2) is 65.7 Å². The summed E-state index contributed by atoms with van der Waals surface area (Å²) in [6, 6.07) is 16.8. The Bertz CT molecular complexity index is 1610. The van der Waals surface area contributed by atoms with Crippen molar-refractivity contribution in [2.75, 3.05) is 19.6 Å². The Balaban J connectivity index is 1.39. The van der Waals surface area contributed by atoms with E-state index in [0.717, 1.165) is 76.9 Å². The van der Waals surface area contributed by atoms with Gasteiger partial charge in [0.1, 0.15) is 11.5 Å². The molecule has 0 atom stereocenters. The number of imidazole rings is 1. The zero-order chi connectivity index (χ0) is 26.6. The number of fused-ring (bicyclic) bond motifs is 2. The van der Waals surface area contributed by atoms with E-state index in [2.05, 4.69) is 56.7 Å². The highest BCUT2D eigenvalue weighted by molar-refractivity contribution is 5.93. The molecule has 7 nitrogen and oxygen atoms in total. The smallest absolute Gasteiger partial charge is 0.270 e. The molecule has 0 saturated carbocycles. The van der Waals surface area contributed by atoms with Crippen LogP contribution in [0.3, 0.4) is 0 Å². The van der Waals surface area contributed by atoms with E-state index >= 15 is 0 Å². The van der Waals surface area contributed by atoms with Crippen molar-refractivity contribution in [1.82, 2.24) is 29.4 Å². The minimum Gasteiger partial charge on any atom is -0.324 e. The summed E-state index contributed by atoms with van der Waals surface area (Å²) < 4.78 is 2.35. The van der Waals surface area contributed by atoms with E-state index in [1.165, 1.54) is 32.4 Å². The van der Waals surface area contributed by atoms with Gasteiger partial charge in [0.05, 0.1) is 22.1 Å². The third-order valence-electron chi connectivity index (χ3n) is 7.86. The molecule has 1 aliphatic heterocycles. The van der Waals surface area contributed by atoms with Gasteiger partial charge in [0.2, 0.25) is 0 Å². The number of unbranched alkanes of at least 4 members (excludes halogenated alkanes) is 1. The summed E-state index contributed by atoms with van der Waals surface area (Å²) >= 11 is 0. The summed E-state index contributed by atoms with van der Waals surface area (Å²) in [5.41, 5.74) is 7.41. The number of aromatic amines is 1. The number of hydrogen-bond donors (Lipinski definition) is 1. The monoisotopic (exact) mass is 520 g/mol. The number of nitrogens with zero attached hydrogens (tertiary/aromatic N) is 5. The Morgan fingerprint density at radius 2 is 1.56 bits per heavy atom. The molecule has 0 radical (unpaired) electrons. The van der Waals surface area contributed by atoms with Crippen molar-refractivity contribution in [2.24, 2.45) is 0 Å². The van der Waals surface area contributed by atoms with Gasteiger partial charge in [-0.25, -0.2) is 9.97 Å². The molecule has 0 amide bonds. The molecule has 200 valence electrons. The van der Waals surface area contributed by atoms with Crippen LogP contribution in [0.2, 0.25) is 0 Å². The number of rotatable bonds is 9. The van der Waals surface area contributed by atoms with Gasteiger partial charge in [-0.3, -0.25) is 9.78 Å². The van der Waals surface area contributed by atoms with Crippen molar-refractivity contribution in [3.63, 3.8) is 0 Å². The van der Waals surface area contributed by atoms with Crippen LogP contribution in [0, 0.1) is 0 Å². The maximum Gasteiger partial charge on any atom is 0.270 e. The van der Waals surface area contributed by atoms with E-state index in [-0.39, 0.29) is 5.56 Å². The topological polar surface area (TPSA) is 79.7 Å². The molecule has 0 bridgehead atoms. The van der Waals surface area contributed by atoms with Crippen LogP contribution in [-0.2, 0) is 13.0 Å². The summed E-state index contributed by atoms with van der Waals surface area (Å²) in [5, 5.41) is 0. The van der Waals surface area contributed by atoms with Crippen molar-refractivity contribution in [3.8, 4) is 22.5 Å². The highest BCUT2D eigenvalue weighted by Crippen LogP contribution is 2.29. The first-order chi connectivity index (χ1) is 19.2. The van der Waals surface area contributed by atoms with E-state index in [0.29, 0.717) is 12.1 Å². The average Bonchev–Trinajstić information content (AvgIpc) is 3.33. The predicted octanol–water partition coefficient (Wildman–Crippen LogP) is 6.22. The molecule has 39 heavy (non-hydrogen) atoms. The van der Waals surface area contributed by atoms with Gasteiger partial charge >= 0.3 is 0 Å². The number of pyridine rings is 1. The normalized spacial score (nSPS) is 14.4. The lowest BCUT2D eigenvalue weighted by Crippen LogP contribution is -2.31. The number of H-pyrrole nitrogens is 1. The van der Waals surface area contributed by atoms with Crippen LogP contribution >= 0.6 is 0 Å². The second-order valence-electron chi connectivity index (χ2n) is 10.6. The Morgan fingerprint density at radius 3 is 2.33 bits per heavy atom. The molecular weight excluding hydrogens is 484 g/mol. The summed E-state index contributed by atoms with van der Waals surface area (Å²) in [6.07, 6.45) is 11.4.